The summed E-state index contributed by atoms with van der Waals surface area (Å²) in [6.45, 7) is 1.47. The van der Waals surface area contributed by atoms with E-state index in [9.17, 15) is 0 Å². The molecular formula is C22H28N4O2. The van der Waals surface area contributed by atoms with Crippen LogP contribution >= 0.6 is 0 Å². The van der Waals surface area contributed by atoms with Crippen LogP contribution in [-0.2, 0) is 13.0 Å². The van der Waals surface area contributed by atoms with Gasteiger partial charge in [0.25, 0.3) is 0 Å². The minimum Gasteiger partial charge on any atom is -0.497 e. The van der Waals surface area contributed by atoms with E-state index in [1.807, 2.05) is 18.2 Å². The van der Waals surface area contributed by atoms with Crippen LogP contribution in [0.2, 0.25) is 0 Å². The van der Waals surface area contributed by atoms with Crippen LogP contribution in [0.25, 0.3) is 10.9 Å². The Morgan fingerprint density at radius 3 is 2.68 bits per heavy atom. The van der Waals surface area contributed by atoms with E-state index in [2.05, 4.69) is 51.1 Å². The predicted octanol–water partition coefficient (Wildman–Crippen LogP) is 3.48. The third-order valence-electron chi connectivity index (χ3n) is 4.75. The van der Waals surface area contributed by atoms with Gasteiger partial charge in [-0.3, -0.25) is 4.99 Å². The lowest BCUT2D eigenvalue weighted by atomic mass is 10.1. The number of para-hydroxylation sites is 1. The van der Waals surface area contributed by atoms with Crippen molar-refractivity contribution in [1.29, 1.82) is 0 Å². The summed E-state index contributed by atoms with van der Waals surface area (Å²) in [4.78, 5) is 7.63. The number of nitrogens with zero attached hydrogens (tertiary/aromatic N) is 1. The normalized spacial score (nSPS) is 11.5. The van der Waals surface area contributed by atoms with E-state index in [0.29, 0.717) is 6.54 Å². The molecule has 0 amide bonds. The maximum atomic E-state index is 5.45. The first kappa shape index (κ1) is 19.6. The quantitative estimate of drug-likeness (QED) is 0.318. The highest BCUT2D eigenvalue weighted by Crippen LogP contribution is 2.24. The Labute approximate surface area is 166 Å². The maximum Gasteiger partial charge on any atom is 0.191 e. The van der Waals surface area contributed by atoms with Crippen LogP contribution in [-0.4, -0.2) is 38.8 Å². The largest absolute Gasteiger partial charge is 0.497 e. The average molecular weight is 380 g/mol. The molecule has 28 heavy (non-hydrogen) atoms. The second-order valence-electron chi connectivity index (χ2n) is 6.49. The molecule has 2 aromatic carbocycles. The molecule has 6 heteroatoms. The Morgan fingerprint density at radius 1 is 1.04 bits per heavy atom. The van der Waals surface area contributed by atoms with Crippen molar-refractivity contribution < 1.29 is 9.47 Å². The second-order valence-corrected chi connectivity index (χ2v) is 6.49. The predicted molar refractivity (Wildman–Crippen MR) is 114 cm³/mol. The van der Waals surface area contributed by atoms with Gasteiger partial charge in [0, 0.05) is 48.9 Å². The molecule has 0 radical (unpaired) electrons. The smallest absolute Gasteiger partial charge is 0.191 e. The van der Waals surface area contributed by atoms with Crippen molar-refractivity contribution in [3.8, 4) is 11.5 Å². The van der Waals surface area contributed by atoms with Gasteiger partial charge in [-0.2, -0.15) is 0 Å². The van der Waals surface area contributed by atoms with Crippen LogP contribution in [0.5, 0.6) is 11.5 Å². The molecule has 1 heterocycles. The minimum absolute atomic E-state index is 0.620. The van der Waals surface area contributed by atoms with Gasteiger partial charge in [0.15, 0.2) is 5.96 Å². The van der Waals surface area contributed by atoms with Gasteiger partial charge in [0.1, 0.15) is 11.5 Å². The highest BCUT2D eigenvalue weighted by atomic mass is 16.5. The third kappa shape index (κ3) is 4.76. The number of guanidine groups is 1. The highest BCUT2D eigenvalue weighted by molar-refractivity contribution is 5.83. The lowest BCUT2D eigenvalue weighted by molar-refractivity contribution is 0.390. The Bertz CT molecular complexity index is 933. The number of aromatic nitrogens is 1. The molecule has 3 N–H and O–H groups in total. The van der Waals surface area contributed by atoms with E-state index in [1.54, 1.807) is 21.3 Å². The highest BCUT2D eigenvalue weighted by Gasteiger charge is 2.07. The van der Waals surface area contributed by atoms with Crippen molar-refractivity contribution in [2.24, 2.45) is 4.99 Å². The first-order chi connectivity index (χ1) is 13.7. The molecule has 6 nitrogen and oxygen atoms in total. The first-order valence-electron chi connectivity index (χ1n) is 9.45. The molecule has 148 valence electrons. The van der Waals surface area contributed by atoms with Gasteiger partial charge in [-0.1, -0.05) is 18.2 Å². The number of aliphatic imine (C=N–C) groups is 1. The summed E-state index contributed by atoms with van der Waals surface area (Å²) < 4.78 is 10.7. The SMILES string of the molecule is CN=C(NCCCc1c[nH]c2ccccc12)NCc1ccc(OC)cc1OC. The van der Waals surface area contributed by atoms with Gasteiger partial charge in [-0.25, -0.2) is 0 Å². The van der Waals surface area contributed by atoms with Crippen LogP contribution < -0.4 is 20.1 Å². The molecule has 0 spiro atoms. The van der Waals surface area contributed by atoms with E-state index in [4.69, 9.17) is 9.47 Å². The van der Waals surface area contributed by atoms with Crippen molar-refractivity contribution in [3.05, 3.63) is 59.8 Å². The fraction of sp³-hybridized carbons (Fsp3) is 0.318. The summed E-state index contributed by atoms with van der Waals surface area (Å²) in [7, 11) is 5.09. The number of aryl methyl sites for hydroxylation is 1. The van der Waals surface area contributed by atoms with Crippen molar-refractivity contribution >= 4 is 16.9 Å². The molecule has 3 aromatic rings. The molecule has 1 aromatic heterocycles. The molecule has 0 bridgehead atoms. The van der Waals surface area contributed by atoms with Crippen molar-refractivity contribution in [2.75, 3.05) is 27.8 Å². The van der Waals surface area contributed by atoms with Crippen molar-refractivity contribution in [1.82, 2.24) is 15.6 Å². The maximum absolute atomic E-state index is 5.45. The fourth-order valence-electron chi connectivity index (χ4n) is 3.22. The minimum atomic E-state index is 0.620. The number of aromatic amines is 1. The molecular weight excluding hydrogens is 352 g/mol. The average Bonchev–Trinajstić information content (AvgIpc) is 3.16. The molecule has 0 saturated heterocycles. The number of hydrogen-bond donors (Lipinski definition) is 3. The summed E-state index contributed by atoms with van der Waals surface area (Å²) in [5.41, 5.74) is 3.59. The van der Waals surface area contributed by atoms with Crippen molar-refractivity contribution in [2.45, 2.75) is 19.4 Å². The number of fused-ring (bicyclic) bond motifs is 1. The Hall–Kier alpha value is -3.15. The zero-order valence-corrected chi connectivity index (χ0v) is 16.7. The van der Waals surface area contributed by atoms with Gasteiger partial charge in [-0.05, 0) is 36.6 Å². The van der Waals surface area contributed by atoms with Gasteiger partial charge in [-0.15, -0.1) is 0 Å². The van der Waals surface area contributed by atoms with Gasteiger partial charge >= 0.3 is 0 Å². The Morgan fingerprint density at radius 2 is 1.89 bits per heavy atom. The topological polar surface area (TPSA) is 70.7 Å². The van der Waals surface area contributed by atoms with Crippen LogP contribution in [0.4, 0.5) is 0 Å². The zero-order chi connectivity index (χ0) is 19.8. The Kier molecular flexibility index (Phi) is 6.78. The Balaban J connectivity index is 1.47. The number of methoxy groups -OCH3 is 2. The fourth-order valence-corrected chi connectivity index (χ4v) is 3.22. The van der Waals surface area contributed by atoms with Crippen LogP contribution in [0.15, 0.2) is 53.7 Å². The standard InChI is InChI=1S/C22H28N4O2/c1-23-22(26-15-17-10-11-18(27-2)13-21(17)28-3)24-12-6-7-16-14-25-20-9-5-4-8-19(16)20/h4-5,8-11,13-14,25H,6-7,12,15H2,1-3H3,(H2,23,24,26). The molecule has 0 saturated carbocycles. The summed E-state index contributed by atoms with van der Waals surface area (Å²) in [5.74, 6) is 2.35. The molecule has 0 atom stereocenters. The van der Waals surface area contributed by atoms with E-state index in [1.165, 1.54) is 16.5 Å². The molecule has 0 aliphatic heterocycles. The number of nitrogens with one attached hydrogen (secondary N) is 3. The lowest BCUT2D eigenvalue weighted by Crippen LogP contribution is -2.37. The van der Waals surface area contributed by atoms with E-state index < -0.39 is 0 Å². The summed E-state index contributed by atoms with van der Waals surface area (Å²) in [5, 5.41) is 8.01. The van der Waals surface area contributed by atoms with Gasteiger partial charge < -0.3 is 25.1 Å². The molecule has 0 aliphatic carbocycles. The van der Waals surface area contributed by atoms with Crippen molar-refractivity contribution in [3.63, 3.8) is 0 Å². The second kappa shape index (κ2) is 9.69. The first-order valence-corrected chi connectivity index (χ1v) is 9.45. The number of rotatable bonds is 8. The van der Waals surface area contributed by atoms with Crippen LogP contribution in [0, 0.1) is 0 Å². The monoisotopic (exact) mass is 380 g/mol. The summed E-state index contributed by atoms with van der Waals surface area (Å²) >= 11 is 0. The summed E-state index contributed by atoms with van der Waals surface area (Å²) in [6.07, 6.45) is 4.14. The number of hydrogen-bond acceptors (Lipinski definition) is 3. The molecule has 0 fully saturated rings. The molecule has 3 rings (SSSR count). The number of benzene rings is 2. The lowest BCUT2D eigenvalue weighted by Gasteiger charge is -2.14. The molecule has 0 aliphatic rings. The zero-order valence-electron chi connectivity index (χ0n) is 16.7. The van der Waals surface area contributed by atoms with Crippen LogP contribution in [0.3, 0.4) is 0 Å². The van der Waals surface area contributed by atoms with E-state index in [0.717, 1.165) is 42.4 Å². The summed E-state index contributed by atoms with van der Waals surface area (Å²) in [6, 6.07) is 14.2. The van der Waals surface area contributed by atoms with Gasteiger partial charge in [0.2, 0.25) is 0 Å². The van der Waals surface area contributed by atoms with E-state index >= 15 is 0 Å². The van der Waals surface area contributed by atoms with E-state index in [-0.39, 0.29) is 0 Å². The molecule has 0 unspecified atom stereocenters. The number of H-pyrrole nitrogens is 1. The number of ether oxygens (including phenoxy) is 2. The van der Waals surface area contributed by atoms with Gasteiger partial charge in [0.05, 0.1) is 14.2 Å². The van der Waals surface area contributed by atoms with Crippen LogP contribution in [0.1, 0.15) is 17.5 Å². The third-order valence-corrected chi connectivity index (χ3v) is 4.75.